The predicted molar refractivity (Wildman–Crippen MR) is 134 cm³/mol. The lowest BCUT2D eigenvalue weighted by atomic mass is 10.1. The monoisotopic (exact) mass is 503 g/mol. The van der Waals surface area contributed by atoms with Crippen LogP contribution < -0.4 is 0 Å². The Labute approximate surface area is 213 Å². The molecule has 6 aromatic rings. The molecule has 2 aliphatic rings. The summed E-state index contributed by atoms with van der Waals surface area (Å²) in [5.41, 5.74) is 6.49. The summed E-state index contributed by atoms with van der Waals surface area (Å²) in [4.78, 5) is 25.9. The Balaban J connectivity index is 0.000000128. The first-order chi connectivity index (χ1) is 18.5. The van der Waals surface area contributed by atoms with Crippen molar-refractivity contribution in [1.82, 2.24) is 49.6 Å². The van der Waals surface area contributed by atoms with Crippen LogP contribution in [0.2, 0.25) is 0 Å². The van der Waals surface area contributed by atoms with Crippen LogP contribution in [0.3, 0.4) is 0 Å². The standard InChI is InChI=1S/C13H10N6O.C12H7N5O/c1-7-15-16-13-14-12-10(17-19(7)13)8-5-3-4-6-9(8)11(12)18-20-2;1-6-14-15-12-13-10-9(16-17(6)12)7-4-2-3-5-8(7)11(10)18/h3-6H,1-2H3;2-5H,1H3. The normalized spacial score (nSPS) is 13.8. The summed E-state index contributed by atoms with van der Waals surface area (Å²) >= 11 is 0. The minimum Gasteiger partial charge on any atom is -0.399 e. The molecule has 0 bridgehead atoms. The van der Waals surface area contributed by atoms with Crippen molar-refractivity contribution in [3.05, 3.63) is 82.7 Å². The van der Waals surface area contributed by atoms with E-state index in [0.29, 0.717) is 51.6 Å². The molecule has 13 nitrogen and oxygen atoms in total. The Morgan fingerprint density at radius 2 is 1.16 bits per heavy atom. The number of benzene rings is 2. The third-order valence-electron chi connectivity index (χ3n) is 6.32. The number of hydrogen-bond donors (Lipinski definition) is 0. The maximum atomic E-state index is 12.2. The Morgan fingerprint density at radius 1 is 0.658 bits per heavy atom. The van der Waals surface area contributed by atoms with Gasteiger partial charge in [-0.1, -0.05) is 53.7 Å². The molecule has 0 N–H and O–H groups in total. The van der Waals surface area contributed by atoms with E-state index < -0.39 is 0 Å². The van der Waals surface area contributed by atoms with Gasteiger partial charge in [0.25, 0.3) is 11.6 Å². The third-order valence-corrected chi connectivity index (χ3v) is 6.32. The van der Waals surface area contributed by atoms with Crippen LogP contribution >= 0.6 is 0 Å². The van der Waals surface area contributed by atoms with Gasteiger partial charge in [0.05, 0.1) is 0 Å². The quantitative estimate of drug-likeness (QED) is 0.305. The van der Waals surface area contributed by atoms with Crippen LogP contribution in [0, 0.1) is 13.8 Å². The number of hydrogen-bond acceptors (Lipinski definition) is 11. The molecule has 0 radical (unpaired) electrons. The summed E-state index contributed by atoms with van der Waals surface area (Å²) in [5.74, 6) is 2.06. The van der Waals surface area contributed by atoms with Crippen molar-refractivity contribution in [2.75, 3.05) is 7.11 Å². The molecule has 0 aliphatic heterocycles. The van der Waals surface area contributed by atoms with Gasteiger partial charge in [0.1, 0.15) is 35.6 Å². The van der Waals surface area contributed by atoms with E-state index in [1.807, 2.05) is 49.4 Å². The van der Waals surface area contributed by atoms with Crippen LogP contribution in [0.25, 0.3) is 34.1 Å². The average molecular weight is 503 g/mol. The second kappa shape index (κ2) is 8.03. The lowest BCUT2D eigenvalue weighted by molar-refractivity contribution is 0.103. The van der Waals surface area contributed by atoms with E-state index >= 15 is 0 Å². The van der Waals surface area contributed by atoms with Gasteiger partial charge in [-0.15, -0.1) is 20.4 Å². The van der Waals surface area contributed by atoms with Crippen LogP contribution in [0.1, 0.15) is 39.0 Å². The number of ketones is 1. The van der Waals surface area contributed by atoms with E-state index in [0.717, 1.165) is 22.4 Å². The number of rotatable bonds is 1. The van der Waals surface area contributed by atoms with Gasteiger partial charge in [-0.05, 0) is 13.8 Å². The molecule has 2 aliphatic carbocycles. The summed E-state index contributed by atoms with van der Waals surface area (Å²) in [6, 6.07) is 15.3. The molecule has 8 rings (SSSR count). The van der Waals surface area contributed by atoms with E-state index in [2.05, 4.69) is 45.7 Å². The number of fused-ring (bicyclic) bond motifs is 8. The van der Waals surface area contributed by atoms with Gasteiger partial charge in [-0.3, -0.25) is 4.79 Å². The van der Waals surface area contributed by atoms with Gasteiger partial charge in [0, 0.05) is 22.3 Å². The number of aryl methyl sites for hydroxylation is 2. The highest BCUT2D eigenvalue weighted by Gasteiger charge is 2.31. The van der Waals surface area contributed by atoms with Crippen molar-refractivity contribution in [3.8, 4) is 22.5 Å². The van der Waals surface area contributed by atoms with Gasteiger partial charge >= 0.3 is 0 Å². The number of carbonyl (C=O) groups is 1. The second-order valence-electron chi connectivity index (χ2n) is 8.58. The maximum Gasteiger partial charge on any atom is 0.272 e. The fourth-order valence-electron chi connectivity index (χ4n) is 4.58. The van der Waals surface area contributed by atoms with E-state index in [4.69, 9.17) is 4.84 Å². The molecule has 0 atom stereocenters. The zero-order valence-electron chi connectivity index (χ0n) is 20.4. The highest BCUT2D eigenvalue weighted by Crippen LogP contribution is 2.35. The smallest absolute Gasteiger partial charge is 0.272 e. The molecule has 2 aromatic carbocycles. The SMILES string of the molecule is CON=C1c2ccccc2-c2nn3c(C)nnc3nc21.Cc1nnc2nc3c(nn12)-c1ccccc1C3=O. The van der Waals surface area contributed by atoms with Crippen LogP contribution in [-0.2, 0) is 4.84 Å². The van der Waals surface area contributed by atoms with E-state index in [-0.39, 0.29) is 5.78 Å². The summed E-state index contributed by atoms with van der Waals surface area (Å²) in [6.45, 7) is 3.63. The van der Waals surface area contributed by atoms with Crippen molar-refractivity contribution >= 4 is 23.1 Å². The number of carbonyl (C=O) groups excluding carboxylic acids is 1. The van der Waals surface area contributed by atoms with Crippen LogP contribution in [0.5, 0.6) is 0 Å². The topological polar surface area (TPSA) is 151 Å². The molecular formula is C25H17N11O2. The first kappa shape index (κ1) is 21.8. The summed E-state index contributed by atoms with van der Waals surface area (Å²) in [7, 11) is 1.51. The van der Waals surface area contributed by atoms with Crippen LogP contribution in [-0.4, -0.2) is 68.2 Å². The van der Waals surface area contributed by atoms with Crippen molar-refractivity contribution in [3.63, 3.8) is 0 Å². The lowest BCUT2D eigenvalue weighted by Gasteiger charge is -1.99. The fraction of sp³-hybridized carbons (Fsp3) is 0.120. The zero-order valence-corrected chi connectivity index (χ0v) is 20.4. The van der Waals surface area contributed by atoms with Crippen molar-refractivity contribution in [2.45, 2.75) is 13.8 Å². The Bertz CT molecular complexity index is 1970. The molecule has 184 valence electrons. The number of nitrogens with zero attached hydrogens (tertiary/aromatic N) is 11. The van der Waals surface area contributed by atoms with E-state index in [9.17, 15) is 4.79 Å². The lowest BCUT2D eigenvalue weighted by Crippen LogP contribution is -2.06. The molecular weight excluding hydrogens is 486 g/mol. The van der Waals surface area contributed by atoms with E-state index in [1.54, 1.807) is 22.0 Å². The summed E-state index contributed by atoms with van der Waals surface area (Å²) in [6.07, 6.45) is 0. The molecule has 38 heavy (non-hydrogen) atoms. The number of oxime groups is 1. The second-order valence-corrected chi connectivity index (χ2v) is 8.58. The van der Waals surface area contributed by atoms with Gasteiger partial charge in [0.15, 0.2) is 11.6 Å². The summed E-state index contributed by atoms with van der Waals surface area (Å²) < 4.78 is 3.18. The molecule has 13 heteroatoms. The molecule has 0 amide bonds. The molecule has 4 aromatic heterocycles. The average Bonchev–Trinajstić information content (AvgIpc) is 3.67. The maximum absolute atomic E-state index is 12.2. The largest absolute Gasteiger partial charge is 0.399 e. The molecule has 0 fully saturated rings. The van der Waals surface area contributed by atoms with Gasteiger partial charge < -0.3 is 4.84 Å². The minimum absolute atomic E-state index is 0.101. The minimum atomic E-state index is -0.101. The zero-order chi connectivity index (χ0) is 26.0. The third kappa shape index (κ3) is 3.05. The van der Waals surface area contributed by atoms with Gasteiger partial charge in [-0.2, -0.15) is 19.2 Å². The first-order valence-corrected chi connectivity index (χ1v) is 11.6. The molecule has 0 spiro atoms. The van der Waals surface area contributed by atoms with Crippen molar-refractivity contribution in [2.24, 2.45) is 5.16 Å². The van der Waals surface area contributed by atoms with Crippen LogP contribution in [0.15, 0.2) is 53.7 Å². The predicted octanol–water partition coefficient (Wildman–Crippen LogP) is 2.25. The van der Waals surface area contributed by atoms with E-state index in [1.165, 1.54) is 7.11 Å². The highest BCUT2D eigenvalue weighted by molar-refractivity contribution is 6.22. The molecule has 4 heterocycles. The number of aromatic nitrogens is 10. The van der Waals surface area contributed by atoms with Crippen LogP contribution in [0.4, 0.5) is 0 Å². The van der Waals surface area contributed by atoms with Gasteiger partial charge in [-0.25, -0.2) is 9.97 Å². The van der Waals surface area contributed by atoms with Gasteiger partial charge in [0.2, 0.25) is 5.78 Å². The Hall–Kier alpha value is -5.46. The molecule has 0 saturated carbocycles. The first-order valence-electron chi connectivity index (χ1n) is 11.6. The fourth-order valence-corrected chi connectivity index (χ4v) is 4.58. The molecule has 0 unspecified atom stereocenters. The molecule has 0 saturated heterocycles. The highest BCUT2D eigenvalue weighted by atomic mass is 16.6. The van der Waals surface area contributed by atoms with Crippen molar-refractivity contribution < 1.29 is 9.63 Å². The van der Waals surface area contributed by atoms with Crippen molar-refractivity contribution in [1.29, 1.82) is 0 Å². The Morgan fingerprint density at radius 3 is 1.76 bits per heavy atom. The Kier molecular flexibility index (Phi) is 4.60. The summed E-state index contributed by atoms with van der Waals surface area (Å²) in [5, 5.41) is 28.8.